The second-order valence-electron chi connectivity index (χ2n) is 3.81. The van der Waals surface area contributed by atoms with Crippen molar-refractivity contribution in [3.05, 3.63) is 29.8 Å². The van der Waals surface area contributed by atoms with Gasteiger partial charge in [-0.2, -0.15) is 0 Å². The minimum atomic E-state index is 0.0511. The van der Waals surface area contributed by atoms with Crippen LogP contribution in [-0.4, -0.2) is 42.7 Å². The fourth-order valence-corrected chi connectivity index (χ4v) is 1.61. The second kappa shape index (κ2) is 6.91. The fraction of sp³-hybridized carbons (Fsp3) is 0.462. The number of hydrogen-bond donors (Lipinski definition) is 1. The van der Waals surface area contributed by atoms with Crippen LogP contribution in [-0.2, 0) is 16.0 Å². The second-order valence-corrected chi connectivity index (χ2v) is 3.81. The highest BCUT2D eigenvalue weighted by molar-refractivity contribution is 5.78. The third kappa shape index (κ3) is 4.44. The van der Waals surface area contributed by atoms with Crippen LogP contribution in [0.5, 0.6) is 5.75 Å². The van der Waals surface area contributed by atoms with E-state index in [9.17, 15) is 9.90 Å². The number of nitrogens with zero attached hydrogens (tertiary/aromatic N) is 1. The zero-order valence-corrected chi connectivity index (χ0v) is 10.3. The molecule has 0 bridgehead atoms. The monoisotopic (exact) mass is 237 g/mol. The average Bonchev–Trinajstić information content (AvgIpc) is 2.30. The Hall–Kier alpha value is -1.55. The first-order valence-electron chi connectivity index (χ1n) is 5.72. The van der Waals surface area contributed by atoms with Crippen LogP contribution in [0.2, 0.25) is 0 Å². The molecule has 94 valence electrons. The number of carbonyl (C=O) groups is 1. The number of phenolic OH excluding ortho intramolecular Hbond substituents is 1. The van der Waals surface area contributed by atoms with E-state index in [0.717, 1.165) is 5.56 Å². The summed E-state index contributed by atoms with van der Waals surface area (Å²) in [6.45, 7) is 3.75. The molecule has 0 saturated carbocycles. The highest BCUT2D eigenvalue weighted by Crippen LogP contribution is 2.12. The van der Waals surface area contributed by atoms with E-state index >= 15 is 0 Å². The largest absolute Gasteiger partial charge is 0.508 e. The van der Waals surface area contributed by atoms with Gasteiger partial charge in [0.15, 0.2) is 0 Å². The molecular weight excluding hydrogens is 218 g/mol. The minimum Gasteiger partial charge on any atom is -0.508 e. The van der Waals surface area contributed by atoms with Gasteiger partial charge in [0.2, 0.25) is 5.91 Å². The smallest absolute Gasteiger partial charge is 0.227 e. The molecule has 4 nitrogen and oxygen atoms in total. The van der Waals surface area contributed by atoms with Gasteiger partial charge < -0.3 is 14.7 Å². The number of methoxy groups -OCH3 is 1. The first kappa shape index (κ1) is 13.5. The van der Waals surface area contributed by atoms with E-state index in [1.165, 1.54) is 0 Å². The first-order chi connectivity index (χ1) is 8.17. The molecule has 0 saturated heterocycles. The molecule has 0 atom stereocenters. The molecule has 0 heterocycles. The zero-order chi connectivity index (χ0) is 12.7. The number of likely N-dealkylation sites (N-methyl/N-ethyl adjacent to an activating group) is 1. The number of hydrogen-bond acceptors (Lipinski definition) is 3. The predicted octanol–water partition coefficient (Wildman–Crippen LogP) is 1.43. The van der Waals surface area contributed by atoms with Crippen molar-refractivity contribution in [3.63, 3.8) is 0 Å². The molecule has 0 unspecified atom stereocenters. The van der Waals surface area contributed by atoms with Gasteiger partial charge >= 0.3 is 0 Å². The topological polar surface area (TPSA) is 49.8 Å². The summed E-state index contributed by atoms with van der Waals surface area (Å²) >= 11 is 0. The number of ether oxygens (including phenoxy) is 1. The van der Waals surface area contributed by atoms with Gasteiger partial charge in [-0.3, -0.25) is 4.79 Å². The number of benzene rings is 1. The lowest BCUT2D eigenvalue weighted by atomic mass is 10.1. The minimum absolute atomic E-state index is 0.0511. The van der Waals surface area contributed by atoms with Crippen LogP contribution in [0.4, 0.5) is 0 Å². The van der Waals surface area contributed by atoms with Gasteiger partial charge in [-0.05, 0) is 24.6 Å². The van der Waals surface area contributed by atoms with Gasteiger partial charge in [-0.15, -0.1) is 0 Å². The van der Waals surface area contributed by atoms with Crippen LogP contribution in [0.25, 0.3) is 0 Å². The number of carbonyl (C=O) groups excluding carboxylic acids is 1. The number of aromatic hydroxyl groups is 1. The molecule has 1 aromatic carbocycles. The Balaban J connectivity index is 2.57. The van der Waals surface area contributed by atoms with Gasteiger partial charge in [0.25, 0.3) is 0 Å². The SMILES string of the molecule is CCN(CCOC)C(=O)Cc1cccc(O)c1. The summed E-state index contributed by atoms with van der Waals surface area (Å²) < 4.78 is 4.96. The zero-order valence-electron chi connectivity index (χ0n) is 10.3. The Morgan fingerprint density at radius 3 is 2.82 bits per heavy atom. The number of rotatable bonds is 6. The molecule has 1 aromatic rings. The lowest BCUT2D eigenvalue weighted by Gasteiger charge is -2.20. The first-order valence-corrected chi connectivity index (χ1v) is 5.72. The van der Waals surface area contributed by atoms with E-state index in [4.69, 9.17) is 4.74 Å². The van der Waals surface area contributed by atoms with Gasteiger partial charge in [0.05, 0.1) is 13.0 Å². The Morgan fingerprint density at radius 2 is 2.24 bits per heavy atom. The van der Waals surface area contributed by atoms with Crippen molar-refractivity contribution in [1.82, 2.24) is 4.90 Å². The molecule has 0 aromatic heterocycles. The molecule has 17 heavy (non-hydrogen) atoms. The number of amides is 1. The van der Waals surface area contributed by atoms with Crippen molar-refractivity contribution in [2.24, 2.45) is 0 Å². The fourth-order valence-electron chi connectivity index (χ4n) is 1.61. The van der Waals surface area contributed by atoms with Crippen LogP contribution >= 0.6 is 0 Å². The summed E-state index contributed by atoms with van der Waals surface area (Å²) in [7, 11) is 1.62. The Kier molecular flexibility index (Phi) is 5.49. The van der Waals surface area contributed by atoms with E-state index in [2.05, 4.69) is 0 Å². The molecule has 0 radical (unpaired) electrons. The van der Waals surface area contributed by atoms with E-state index in [-0.39, 0.29) is 11.7 Å². The lowest BCUT2D eigenvalue weighted by molar-refractivity contribution is -0.130. The number of phenols is 1. The standard InChI is InChI=1S/C13H19NO3/c1-3-14(7-8-17-2)13(16)10-11-5-4-6-12(15)9-11/h4-6,9,15H,3,7-8,10H2,1-2H3. The molecule has 0 fully saturated rings. The summed E-state index contributed by atoms with van der Waals surface area (Å²) in [5, 5.41) is 9.32. The Bertz CT molecular complexity index is 365. The molecule has 4 heteroatoms. The maximum absolute atomic E-state index is 11.9. The van der Waals surface area contributed by atoms with Crippen molar-refractivity contribution in [2.75, 3.05) is 26.8 Å². The Labute approximate surface area is 102 Å². The molecule has 0 aliphatic carbocycles. The van der Waals surface area contributed by atoms with E-state index < -0.39 is 0 Å². The summed E-state index contributed by atoms with van der Waals surface area (Å²) in [6, 6.07) is 6.78. The third-order valence-corrected chi connectivity index (χ3v) is 2.57. The quantitative estimate of drug-likeness (QED) is 0.814. The summed E-state index contributed by atoms with van der Waals surface area (Å²) in [6.07, 6.45) is 0.311. The summed E-state index contributed by atoms with van der Waals surface area (Å²) in [4.78, 5) is 13.7. The van der Waals surface area contributed by atoms with E-state index in [0.29, 0.717) is 26.1 Å². The predicted molar refractivity (Wildman–Crippen MR) is 65.9 cm³/mol. The van der Waals surface area contributed by atoms with Crippen LogP contribution in [0.1, 0.15) is 12.5 Å². The van der Waals surface area contributed by atoms with Crippen LogP contribution < -0.4 is 0 Å². The molecule has 0 spiro atoms. The maximum atomic E-state index is 11.9. The Morgan fingerprint density at radius 1 is 1.47 bits per heavy atom. The van der Waals surface area contributed by atoms with Crippen molar-refractivity contribution in [1.29, 1.82) is 0 Å². The van der Waals surface area contributed by atoms with Crippen LogP contribution in [0, 0.1) is 0 Å². The van der Waals surface area contributed by atoms with E-state index in [1.54, 1.807) is 30.2 Å². The van der Waals surface area contributed by atoms with E-state index in [1.807, 2.05) is 13.0 Å². The molecule has 1 N–H and O–H groups in total. The molecular formula is C13H19NO3. The van der Waals surface area contributed by atoms with Crippen molar-refractivity contribution in [2.45, 2.75) is 13.3 Å². The van der Waals surface area contributed by atoms with Gasteiger partial charge in [-0.1, -0.05) is 12.1 Å². The summed E-state index contributed by atoms with van der Waals surface area (Å²) in [5.41, 5.74) is 0.825. The highest BCUT2D eigenvalue weighted by atomic mass is 16.5. The molecule has 0 aliphatic rings. The lowest BCUT2D eigenvalue weighted by Crippen LogP contribution is -2.34. The van der Waals surface area contributed by atoms with Gasteiger partial charge in [0.1, 0.15) is 5.75 Å². The molecule has 1 amide bonds. The highest BCUT2D eigenvalue weighted by Gasteiger charge is 2.11. The molecule has 0 aliphatic heterocycles. The van der Waals surface area contributed by atoms with Crippen molar-refractivity contribution >= 4 is 5.91 Å². The van der Waals surface area contributed by atoms with Gasteiger partial charge in [0, 0.05) is 20.2 Å². The average molecular weight is 237 g/mol. The third-order valence-electron chi connectivity index (χ3n) is 2.57. The maximum Gasteiger partial charge on any atom is 0.227 e. The van der Waals surface area contributed by atoms with Crippen LogP contribution in [0.3, 0.4) is 0 Å². The normalized spacial score (nSPS) is 10.2. The summed E-state index contributed by atoms with van der Waals surface area (Å²) in [5.74, 6) is 0.241. The van der Waals surface area contributed by atoms with Crippen molar-refractivity contribution in [3.8, 4) is 5.75 Å². The van der Waals surface area contributed by atoms with Gasteiger partial charge in [-0.25, -0.2) is 0 Å². The van der Waals surface area contributed by atoms with Crippen molar-refractivity contribution < 1.29 is 14.6 Å². The molecule has 1 rings (SSSR count). The van der Waals surface area contributed by atoms with Crippen LogP contribution in [0.15, 0.2) is 24.3 Å².